The van der Waals surface area contributed by atoms with Crippen LogP contribution in [-0.2, 0) is 0 Å². The van der Waals surface area contributed by atoms with Crippen molar-refractivity contribution >= 4 is 0 Å². The van der Waals surface area contributed by atoms with Crippen LogP contribution in [0.25, 0.3) is 0 Å². The first-order valence-electron chi connectivity index (χ1n) is 7.37. The zero-order valence-corrected chi connectivity index (χ0v) is 12.8. The lowest BCUT2D eigenvalue weighted by molar-refractivity contribution is 0.101. The van der Waals surface area contributed by atoms with Crippen molar-refractivity contribution in [2.24, 2.45) is 23.2 Å². The van der Waals surface area contributed by atoms with Gasteiger partial charge in [-0.05, 0) is 36.0 Å². The maximum Gasteiger partial charge on any atom is -0.0295 e. The molecule has 0 aliphatic heterocycles. The smallest absolute Gasteiger partial charge is 0.0295 e. The lowest BCUT2D eigenvalue weighted by Gasteiger charge is -2.40. The summed E-state index contributed by atoms with van der Waals surface area (Å²) in [6, 6.07) is 0. The molecule has 0 aliphatic rings. The Morgan fingerprint density at radius 3 is 1.88 bits per heavy atom. The first-order valence-corrected chi connectivity index (χ1v) is 7.37. The molecule has 0 rings (SSSR count). The van der Waals surface area contributed by atoms with E-state index in [1.807, 2.05) is 0 Å². The van der Waals surface area contributed by atoms with Gasteiger partial charge in [-0.1, -0.05) is 67.7 Å². The average molecular weight is 226 g/mol. The normalized spacial score (nSPS) is 19.5. The number of rotatable bonds is 8. The number of hydrogen-bond donors (Lipinski definition) is 0. The van der Waals surface area contributed by atoms with Crippen LogP contribution in [0.2, 0.25) is 0 Å². The first-order chi connectivity index (χ1) is 7.37. The van der Waals surface area contributed by atoms with Crippen molar-refractivity contribution in [2.45, 2.75) is 80.6 Å². The van der Waals surface area contributed by atoms with E-state index >= 15 is 0 Å². The molecule has 0 aromatic rings. The van der Waals surface area contributed by atoms with Crippen LogP contribution in [-0.4, -0.2) is 0 Å². The van der Waals surface area contributed by atoms with Crippen LogP contribution < -0.4 is 0 Å². The molecule has 0 heterocycles. The lowest BCUT2D eigenvalue weighted by Crippen LogP contribution is -2.31. The van der Waals surface area contributed by atoms with Gasteiger partial charge in [0.15, 0.2) is 0 Å². The van der Waals surface area contributed by atoms with Gasteiger partial charge in [0.2, 0.25) is 0 Å². The fraction of sp³-hybridized carbons (Fsp3) is 1.00. The van der Waals surface area contributed by atoms with Gasteiger partial charge >= 0.3 is 0 Å². The van der Waals surface area contributed by atoms with E-state index in [1.54, 1.807) is 0 Å². The minimum atomic E-state index is 0.553. The van der Waals surface area contributed by atoms with Gasteiger partial charge in [0, 0.05) is 0 Å². The zero-order chi connectivity index (χ0) is 12.8. The van der Waals surface area contributed by atoms with E-state index in [-0.39, 0.29) is 0 Å². The number of hydrogen-bond acceptors (Lipinski definition) is 0. The van der Waals surface area contributed by atoms with Crippen molar-refractivity contribution in [1.29, 1.82) is 0 Å². The first kappa shape index (κ1) is 16.0. The molecular weight excluding hydrogens is 192 g/mol. The minimum Gasteiger partial charge on any atom is -0.0654 e. The highest BCUT2D eigenvalue weighted by Crippen LogP contribution is 2.42. The second-order valence-electron chi connectivity index (χ2n) is 6.53. The SMILES string of the molecule is CCCC(C)CC(C)(CCC)C(C)C(C)C. The minimum absolute atomic E-state index is 0.553. The molecule has 98 valence electrons. The summed E-state index contributed by atoms with van der Waals surface area (Å²) >= 11 is 0. The van der Waals surface area contributed by atoms with Crippen molar-refractivity contribution in [2.75, 3.05) is 0 Å². The molecule has 0 saturated carbocycles. The predicted molar refractivity (Wildman–Crippen MR) is 75.7 cm³/mol. The molecule has 0 saturated heterocycles. The van der Waals surface area contributed by atoms with Crippen molar-refractivity contribution in [3.8, 4) is 0 Å². The highest BCUT2D eigenvalue weighted by Gasteiger charge is 2.33. The van der Waals surface area contributed by atoms with Crippen LogP contribution in [0.5, 0.6) is 0 Å². The summed E-state index contributed by atoms with van der Waals surface area (Å²) in [5, 5.41) is 0. The van der Waals surface area contributed by atoms with Crippen molar-refractivity contribution in [3.05, 3.63) is 0 Å². The van der Waals surface area contributed by atoms with Gasteiger partial charge in [0.25, 0.3) is 0 Å². The van der Waals surface area contributed by atoms with Gasteiger partial charge in [-0.25, -0.2) is 0 Å². The Kier molecular flexibility index (Phi) is 7.35. The summed E-state index contributed by atoms with van der Waals surface area (Å²) in [6.07, 6.45) is 6.85. The molecule has 0 N–H and O–H groups in total. The summed E-state index contributed by atoms with van der Waals surface area (Å²) in [5.74, 6) is 2.54. The van der Waals surface area contributed by atoms with E-state index in [4.69, 9.17) is 0 Å². The second-order valence-corrected chi connectivity index (χ2v) is 6.53. The van der Waals surface area contributed by atoms with Crippen molar-refractivity contribution < 1.29 is 0 Å². The standard InChI is InChI=1S/C16H34/c1-8-10-14(5)12-16(7,11-9-2)15(6)13(3)4/h13-15H,8-12H2,1-7H3. The quantitative estimate of drug-likeness (QED) is 0.482. The summed E-state index contributed by atoms with van der Waals surface area (Å²) < 4.78 is 0. The van der Waals surface area contributed by atoms with Crippen LogP contribution in [0.4, 0.5) is 0 Å². The molecule has 16 heavy (non-hydrogen) atoms. The molecule has 3 unspecified atom stereocenters. The van der Waals surface area contributed by atoms with Crippen LogP contribution in [0, 0.1) is 23.2 Å². The molecular formula is C16H34. The van der Waals surface area contributed by atoms with Gasteiger partial charge in [-0.2, -0.15) is 0 Å². The maximum atomic E-state index is 2.52. The van der Waals surface area contributed by atoms with E-state index in [0.29, 0.717) is 5.41 Å². The fourth-order valence-electron chi connectivity index (χ4n) is 3.28. The van der Waals surface area contributed by atoms with E-state index in [0.717, 1.165) is 17.8 Å². The Bertz CT molecular complexity index is 171. The van der Waals surface area contributed by atoms with Crippen LogP contribution >= 0.6 is 0 Å². The zero-order valence-electron chi connectivity index (χ0n) is 12.8. The summed E-state index contributed by atoms with van der Waals surface area (Å²) in [6.45, 7) is 16.8. The highest BCUT2D eigenvalue weighted by molar-refractivity contribution is 4.83. The van der Waals surface area contributed by atoms with Crippen LogP contribution in [0.3, 0.4) is 0 Å². The Labute approximate surface area is 104 Å². The molecule has 0 aromatic carbocycles. The Balaban J connectivity index is 4.54. The highest BCUT2D eigenvalue weighted by atomic mass is 14.4. The monoisotopic (exact) mass is 226 g/mol. The second kappa shape index (κ2) is 7.35. The third kappa shape index (κ3) is 4.89. The van der Waals surface area contributed by atoms with E-state index < -0.39 is 0 Å². The van der Waals surface area contributed by atoms with Crippen LogP contribution in [0.1, 0.15) is 80.6 Å². The Morgan fingerprint density at radius 1 is 0.938 bits per heavy atom. The molecule has 0 amide bonds. The molecule has 0 aromatic heterocycles. The van der Waals surface area contributed by atoms with Gasteiger partial charge < -0.3 is 0 Å². The third-order valence-electron chi connectivity index (χ3n) is 4.52. The third-order valence-corrected chi connectivity index (χ3v) is 4.52. The molecule has 0 bridgehead atoms. The topological polar surface area (TPSA) is 0 Å². The predicted octanol–water partition coefficient (Wildman–Crippen LogP) is 5.91. The van der Waals surface area contributed by atoms with Crippen LogP contribution in [0.15, 0.2) is 0 Å². The van der Waals surface area contributed by atoms with Gasteiger partial charge in [-0.15, -0.1) is 0 Å². The lowest BCUT2D eigenvalue weighted by atomic mass is 9.65. The van der Waals surface area contributed by atoms with Gasteiger partial charge in [-0.3, -0.25) is 0 Å². The molecule has 3 atom stereocenters. The Hall–Kier alpha value is 0. The van der Waals surface area contributed by atoms with Crippen molar-refractivity contribution in [3.63, 3.8) is 0 Å². The molecule has 0 fully saturated rings. The van der Waals surface area contributed by atoms with Crippen molar-refractivity contribution in [1.82, 2.24) is 0 Å². The largest absolute Gasteiger partial charge is 0.0654 e. The molecule has 0 aliphatic carbocycles. The van der Waals surface area contributed by atoms with E-state index in [9.17, 15) is 0 Å². The Morgan fingerprint density at radius 2 is 1.50 bits per heavy atom. The van der Waals surface area contributed by atoms with E-state index in [1.165, 1.54) is 32.1 Å². The fourth-order valence-corrected chi connectivity index (χ4v) is 3.28. The summed E-state index contributed by atoms with van der Waals surface area (Å²) in [5.41, 5.74) is 0.553. The molecule has 0 nitrogen and oxygen atoms in total. The van der Waals surface area contributed by atoms with E-state index in [2.05, 4.69) is 48.5 Å². The van der Waals surface area contributed by atoms with Gasteiger partial charge in [0.05, 0.1) is 0 Å². The summed E-state index contributed by atoms with van der Waals surface area (Å²) in [4.78, 5) is 0. The molecule has 0 radical (unpaired) electrons. The maximum absolute atomic E-state index is 2.52. The summed E-state index contributed by atoms with van der Waals surface area (Å²) in [7, 11) is 0. The average Bonchev–Trinajstić information content (AvgIpc) is 2.16. The van der Waals surface area contributed by atoms with Gasteiger partial charge in [0.1, 0.15) is 0 Å². The molecule has 0 spiro atoms. The molecule has 0 heteroatoms.